The topological polar surface area (TPSA) is 56.0 Å². The van der Waals surface area contributed by atoms with Crippen molar-refractivity contribution in [3.63, 3.8) is 0 Å². The van der Waals surface area contributed by atoms with E-state index in [9.17, 15) is 4.79 Å². The minimum absolute atomic E-state index is 0. The van der Waals surface area contributed by atoms with Crippen LogP contribution < -0.4 is 5.73 Å². The Hall–Kier alpha value is -0.450. The van der Waals surface area contributed by atoms with Gasteiger partial charge in [0.15, 0.2) is 0 Å². The van der Waals surface area contributed by atoms with Crippen molar-refractivity contribution in [3.05, 3.63) is 28.5 Å². The maximum atomic E-state index is 10.2. The molecule has 0 saturated carbocycles. The van der Waals surface area contributed by atoms with Gasteiger partial charge in [-0.3, -0.25) is 4.98 Å². The zero-order valence-corrected chi connectivity index (χ0v) is 8.51. The summed E-state index contributed by atoms with van der Waals surface area (Å²) in [5.41, 5.74) is 6.15. The van der Waals surface area contributed by atoms with Gasteiger partial charge in [0.05, 0.1) is 6.04 Å². The lowest BCUT2D eigenvalue weighted by molar-refractivity contribution is -0.109. The molecule has 1 rings (SSSR count). The fraction of sp³-hybridized carbons (Fsp3) is 0.143. The van der Waals surface area contributed by atoms with Crippen LogP contribution in [0.25, 0.3) is 0 Å². The monoisotopic (exact) mass is 250 g/mol. The molecule has 1 aromatic rings. The summed E-state index contributed by atoms with van der Waals surface area (Å²) in [4.78, 5) is 14.1. The molecule has 1 atom stereocenters. The lowest BCUT2D eigenvalue weighted by Gasteiger charge is -2.02. The summed E-state index contributed by atoms with van der Waals surface area (Å²) in [6.45, 7) is 0. The molecule has 0 saturated heterocycles. The first-order chi connectivity index (χ1) is 5.24. The molecule has 0 aliphatic rings. The molecular weight excluding hydrogens is 243 g/mol. The molecule has 3 nitrogen and oxygen atoms in total. The van der Waals surface area contributed by atoms with Gasteiger partial charge in [0.25, 0.3) is 0 Å². The van der Waals surface area contributed by atoms with E-state index < -0.39 is 6.04 Å². The largest absolute Gasteiger partial charge is 0.318 e. The van der Waals surface area contributed by atoms with Crippen molar-refractivity contribution in [2.24, 2.45) is 5.73 Å². The average Bonchev–Trinajstić information content (AvgIpc) is 2.03. The van der Waals surface area contributed by atoms with Crippen LogP contribution in [0.2, 0.25) is 0 Å². The lowest BCUT2D eigenvalue weighted by Crippen LogP contribution is -2.11. The van der Waals surface area contributed by atoms with E-state index in [-0.39, 0.29) is 12.4 Å². The third kappa shape index (κ3) is 2.89. The first-order valence-electron chi connectivity index (χ1n) is 3.05. The number of carbonyl (C=O) groups excluding carboxylic acids is 1. The number of rotatable bonds is 2. The van der Waals surface area contributed by atoms with Crippen LogP contribution in [-0.4, -0.2) is 11.3 Å². The van der Waals surface area contributed by atoms with Gasteiger partial charge in [-0.15, -0.1) is 12.4 Å². The summed E-state index contributed by atoms with van der Waals surface area (Å²) in [6.07, 6.45) is 3.90. The van der Waals surface area contributed by atoms with Crippen LogP contribution >= 0.6 is 28.3 Å². The molecule has 1 aromatic heterocycles. The van der Waals surface area contributed by atoms with E-state index in [0.717, 1.165) is 10.0 Å². The van der Waals surface area contributed by atoms with Gasteiger partial charge in [0.2, 0.25) is 0 Å². The quantitative estimate of drug-likeness (QED) is 0.810. The fourth-order valence-corrected chi connectivity index (χ4v) is 1.07. The number of aromatic nitrogens is 1. The van der Waals surface area contributed by atoms with E-state index in [1.807, 2.05) is 0 Å². The summed E-state index contributed by atoms with van der Waals surface area (Å²) in [5, 5.41) is 0. The smallest absolute Gasteiger partial charge is 0.141 e. The maximum Gasteiger partial charge on any atom is 0.141 e. The van der Waals surface area contributed by atoms with E-state index in [1.54, 1.807) is 18.5 Å². The van der Waals surface area contributed by atoms with E-state index in [1.165, 1.54) is 0 Å². The van der Waals surface area contributed by atoms with Gasteiger partial charge in [-0.1, -0.05) is 0 Å². The SMILES string of the molecule is Cl.NC(C=O)c1cncc(Br)c1. The normalized spacial score (nSPS) is 11.5. The van der Waals surface area contributed by atoms with Gasteiger partial charge >= 0.3 is 0 Å². The van der Waals surface area contributed by atoms with Gasteiger partial charge in [-0.25, -0.2) is 0 Å². The molecule has 0 bridgehead atoms. The molecule has 0 spiro atoms. The number of aldehydes is 1. The third-order valence-corrected chi connectivity index (χ3v) is 1.69. The highest BCUT2D eigenvalue weighted by Crippen LogP contribution is 2.13. The molecule has 12 heavy (non-hydrogen) atoms. The van der Waals surface area contributed by atoms with Crippen LogP contribution in [0.15, 0.2) is 22.9 Å². The summed E-state index contributed by atoms with van der Waals surface area (Å²) >= 11 is 3.23. The summed E-state index contributed by atoms with van der Waals surface area (Å²) < 4.78 is 0.826. The number of hydrogen-bond acceptors (Lipinski definition) is 3. The predicted octanol–water partition coefficient (Wildman–Crippen LogP) is 1.46. The minimum Gasteiger partial charge on any atom is -0.318 e. The molecule has 66 valence electrons. The summed E-state index contributed by atoms with van der Waals surface area (Å²) in [5.74, 6) is 0. The molecule has 0 radical (unpaired) electrons. The van der Waals surface area contributed by atoms with E-state index in [0.29, 0.717) is 6.29 Å². The Bertz CT molecular complexity index is 269. The molecular formula is C7H8BrClN2O. The number of pyridine rings is 1. The Morgan fingerprint density at radius 3 is 2.75 bits per heavy atom. The van der Waals surface area contributed by atoms with Crippen LogP contribution in [0.1, 0.15) is 11.6 Å². The van der Waals surface area contributed by atoms with Crippen molar-refractivity contribution in [1.82, 2.24) is 4.98 Å². The fourth-order valence-electron chi connectivity index (χ4n) is 0.689. The highest BCUT2D eigenvalue weighted by Gasteiger charge is 2.03. The van der Waals surface area contributed by atoms with Crippen molar-refractivity contribution in [3.8, 4) is 0 Å². The Morgan fingerprint density at radius 2 is 2.25 bits per heavy atom. The van der Waals surface area contributed by atoms with Crippen LogP contribution in [0, 0.1) is 0 Å². The molecule has 0 aliphatic carbocycles. The van der Waals surface area contributed by atoms with Gasteiger partial charge in [-0.2, -0.15) is 0 Å². The Morgan fingerprint density at radius 1 is 1.58 bits per heavy atom. The summed E-state index contributed by atoms with van der Waals surface area (Å²) in [7, 11) is 0. The van der Waals surface area contributed by atoms with Crippen molar-refractivity contribution in [1.29, 1.82) is 0 Å². The van der Waals surface area contributed by atoms with Crippen molar-refractivity contribution < 1.29 is 4.79 Å². The zero-order chi connectivity index (χ0) is 8.27. The number of nitrogens with zero attached hydrogens (tertiary/aromatic N) is 1. The minimum atomic E-state index is -0.569. The number of hydrogen-bond donors (Lipinski definition) is 1. The first-order valence-corrected chi connectivity index (χ1v) is 3.84. The lowest BCUT2D eigenvalue weighted by atomic mass is 10.1. The zero-order valence-electron chi connectivity index (χ0n) is 6.11. The van der Waals surface area contributed by atoms with Crippen LogP contribution in [0.4, 0.5) is 0 Å². The molecule has 0 aromatic carbocycles. The van der Waals surface area contributed by atoms with Gasteiger partial charge in [-0.05, 0) is 27.6 Å². The summed E-state index contributed by atoms with van der Waals surface area (Å²) in [6, 6.07) is 1.20. The van der Waals surface area contributed by atoms with E-state index >= 15 is 0 Å². The molecule has 2 N–H and O–H groups in total. The molecule has 0 aliphatic heterocycles. The molecule has 0 fully saturated rings. The first kappa shape index (κ1) is 11.6. The number of halogens is 2. The van der Waals surface area contributed by atoms with Gasteiger partial charge in [0, 0.05) is 16.9 Å². The molecule has 5 heteroatoms. The van der Waals surface area contributed by atoms with Gasteiger partial charge in [0.1, 0.15) is 6.29 Å². The van der Waals surface area contributed by atoms with E-state index in [2.05, 4.69) is 20.9 Å². The highest BCUT2D eigenvalue weighted by molar-refractivity contribution is 9.10. The number of carbonyl (C=O) groups is 1. The maximum absolute atomic E-state index is 10.2. The van der Waals surface area contributed by atoms with Crippen molar-refractivity contribution in [2.45, 2.75) is 6.04 Å². The molecule has 0 amide bonds. The molecule has 1 unspecified atom stereocenters. The highest BCUT2D eigenvalue weighted by atomic mass is 79.9. The van der Waals surface area contributed by atoms with Gasteiger partial charge < -0.3 is 10.5 Å². The standard InChI is InChI=1S/C7H7BrN2O.ClH/c8-6-1-5(2-10-3-6)7(9)4-11;/h1-4,7H,9H2;1H. The van der Waals surface area contributed by atoms with Crippen LogP contribution in [0.3, 0.4) is 0 Å². The van der Waals surface area contributed by atoms with Crippen LogP contribution in [-0.2, 0) is 4.79 Å². The second-order valence-corrected chi connectivity index (χ2v) is 3.01. The predicted molar refractivity (Wildman–Crippen MR) is 52.2 cm³/mol. The van der Waals surface area contributed by atoms with Crippen molar-refractivity contribution >= 4 is 34.6 Å². The number of nitrogens with two attached hydrogens (primary N) is 1. The average molecular weight is 252 g/mol. The Balaban J connectivity index is 0.00000121. The van der Waals surface area contributed by atoms with Crippen LogP contribution in [0.5, 0.6) is 0 Å². The van der Waals surface area contributed by atoms with Crippen molar-refractivity contribution in [2.75, 3.05) is 0 Å². The second-order valence-electron chi connectivity index (χ2n) is 2.10. The third-order valence-electron chi connectivity index (χ3n) is 1.26. The Kier molecular flexibility index (Phi) is 5.04. The molecule has 1 heterocycles. The second kappa shape index (κ2) is 5.24. The Labute approximate surface area is 84.9 Å². The van der Waals surface area contributed by atoms with E-state index in [4.69, 9.17) is 5.73 Å².